The third-order valence-electron chi connectivity index (χ3n) is 4.32. The number of piperidine rings is 1. The molecule has 0 aromatic carbocycles. The first-order valence-electron chi connectivity index (χ1n) is 8.48. The summed E-state index contributed by atoms with van der Waals surface area (Å²) in [5.41, 5.74) is 0. The summed E-state index contributed by atoms with van der Waals surface area (Å²) < 4.78 is 32.2. The van der Waals surface area contributed by atoms with Gasteiger partial charge in [-0.05, 0) is 44.1 Å². The Morgan fingerprint density at radius 1 is 1.28 bits per heavy atom. The van der Waals surface area contributed by atoms with E-state index in [0.717, 1.165) is 43.4 Å². The standard InChI is InChI=1S/C16H22N2O5S2/c1-11(15(19)17-12-5-6-12)23-16(20)14-13(7-10-24-14)25(21,22)18-8-3-2-4-9-18/h7,10-12H,2-6,8-9H2,1H3,(H,17,19)/t11-/m1/s1. The van der Waals surface area contributed by atoms with Gasteiger partial charge in [0, 0.05) is 19.1 Å². The highest BCUT2D eigenvalue weighted by Crippen LogP contribution is 2.28. The molecule has 3 rings (SSSR count). The van der Waals surface area contributed by atoms with E-state index in [-0.39, 0.29) is 21.7 Å². The molecular weight excluding hydrogens is 364 g/mol. The van der Waals surface area contributed by atoms with E-state index in [2.05, 4.69) is 5.32 Å². The van der Waals surface area contributed by atoms with Crippen molar-refractivity contribution >= 4 is 33.2 Å². The smallest absolute Gasteiger partial charge is 0.350 e. The first kappa shape index (κ1) is 18.3. The molecule has 1 saturated heterocycles. The van der Waals surface area contributed by atoms with Gasteiger partial charge in [-0.1, -0.05) is 6.42 Å². The molecule has 0 bridgehead atoms. The Bertz CT molecular complexity index is 748. The maximum atomic E-state index is 12.8. The maximum Gasteiger partial charge on any atom is 0.350 e. The van der Waals surface area contributed by atoms with Gasteiger partial charge in [0.1, 0.15) is 9.77 Å². The Kier molecular flexibility index (Phi) is 5.45. The molecule has 25 heavy (non-hydrogen) atoms. The molecule has 1 aromatic rings. The Hall–Kier alpha value is -1.45. The van der Waals surface area contributed by atoms with Crippen LogP contribution in [0.2, 0.25) is 0 Å². The lowest BCUT2D eigenvalue weighted by Crippen LogP contribution is -2.38. The zero-order valence-electron chi connectivity index (χ0n) is 14.1. The third kappa shape index (κ3) is 4.21. The Labute approximate surface area is 151 Å². The predicted octanol–water partition coefficient (Wildman–Crippen LogP) is 1.75. The average Bonchev–Trinajstić information content (AvgIpc) is 3.26. The van der Waals surface area contributed by atoms with E-state index >= 15 is 0 Å². The molecular formula is C16H22N2O5S2. The van der Waals surface area contributed by atoms with Crippen molar-refractivity contribution in [3.63, 3.8) is 0 Å². The van der Waals surface area contributed by atoms with Crippen LogP contribution in [0.4, 0.5) is 0 Å². The van der Waals surface area contributed by atoms with Gasteiger partial charge >= 0.3 is 5.97 Å². The predicted molar refractivity (Wildman–Crippen MR) is 93.0 cm³/mol. The van der Waals surface area contributed by atoms with Crippen LogP contribution in [-0.2, 0) is 19.6 Å². The highest BCUT2D eigenvalue weighted by atomic mass is 32.2. The number of nitrogens with one attached hydrogen (secondary N) is 1. The number of hydrogen-bond donors (Lipinski definition) is 1. The maximum absolute atomic E-state index is 12.8. The minimum Gasteiger partial charge on any atom is -0.448 e. The summed E-state index contributed by atoms with van der Waals surface area (Å²) in [5.74, 6) is -1.13. The quantitative estimate of drug-likeness (QED) is 0.752. The molecule has 138 valence electrons. The van der Waals surface area contributed by atoms with Crippen LogP contribution in [0.3, 0.4) is 0 Å². The molecule has 1 N–H and O–H groups in total. The molecule has 1 aliphatic heterocycles. The van der Waals surface area contributed by atoms with Crippen LogP contribution in [0.15, 0.2) is 16.3 Å². The van der Waals surface area contributed by atoms with Crippen molar-refractivity contribution in [2.45, 2.75) is 56.1 Å². The minimum atomic E-state index is -3.72. The van der Waals surface area contributed by atoms with E-state index < -0.39 is 22.1 Å². The van der Waals surface area contributed by atoms with Crippen LogP contribution in [-0.4, -0.2) is 49.8 Å². The van der Waals surface area contributed by atoms with Crippen LogP contribution < -0.4 is 5.32 Å². The molecule has 2 fully saturated rings. The monoisotopic (exact) mass is 386 g/mol. The van der Waals surface area contributed by atoms with Crippen molar-refractivity contribution in [3.8, 4) is 0 Å². The molecule has 0 radical (unpaired) electrons. The molecule has 1 amide bonds. The van der Waals surface area contributed by atoms with Gasteiger partial charge in [-0.3, -0.25) is 4.79 Å². The number of thiophene rings is 1. The molecule has 0 spiro atoms. The summed E-state index contributed by atoms with van der Waals surface area (Å²) in [6, 6.07) is 1.60. The second-order valence-electron chi connectivity index (χ2n) is 6.41. The number of carbonyl (C=O) groups excluding carboxylic acids is 2. The van der Waals surface area contributed by atoms with Gasteiger partial charge in [-0.2, -0.15) is 4.31 Å². The number of carbonyl (C=O) groups is 2. The van der Waals surface area contributed by atoms with E-state index in [4.69, 9.17) is 4.74 Å². The topological polar surface area (TPSA) is 92.8 Å². The molecule has 9 heteroatoms. The highest BCUT2D eigenvalue weighted by molar-refractivity contribution is 7.89. The van der Waals surface area contributed by atoms with Crippen molar-refractivity contribution < 1.29 is 22.7 Å². The number of nitrogens with zero attached hydrogens (tertiary/aromatic N) is 1. The fraction of sp³-hybridized carbons (Fsp3) is 0.625. The van der Waals surface area contributed by atoms with Crippen molar-refractivity contribution in [2.75, 3.05) is 13.1 Å². The molecule has 0 unspecified atom stereocenters. The Morgan fingerprint density at radius 2 is 1.96 bits per heavy atom. The number of hydrogen-bond acceptors (Lipinski definition) is 6. The number of rotatable bonds is 6. The van der Waals surface area contributed by atoms with Crippen LogP contribution in [0.5, 0.6) is 0 Å². The summed E-state index contributed by atoms with van der Waals surface area (Å²) in [4.78, 5) is 24.3. The normalized spacial score (nSPS) is 20.0. The number of esters is 1. The van der Waals surface area contributed by atoms with Crippen molar-refractivity contribution in [1.29, 1.82) is 0 Å². The van der Waals surface area contributed by atoms with Gasteiger partial charge in [-0.25, -0.2) is 13.2 Å². The van der Waals surface area contributed by atoms with Crippen LogP contribution in [0.25, 0.3) is 0 Å². The summed E-state index contributed by atoms with van der Waals surface area (Å²) in [5, 5.41) is 4.32. The molecule has 1 atom stereocenters. The first-order valence-corrected chi connectivity index (χ1v) is 10.8. The Morgan fingerprint density at radius 3 is 2.60 bits per heavy atom. The second kappa shape index (κ2) is 7.43. The molecule has 1 saturated carbocycles. The van der Waals surface area contributed by atoms with Crippen molar-refractivity contribution in [1.82, 2.24) is 9.62 Å². The van der Waals surface area contributed by atoms with E-state index in [1.807, 2.05) is 0 Å². The number of ether oxygens (including phenoxy) is 1. The zero-order valence-corrected chi connectivity index (χ0v) is 15.7. The van der Waals surface area contributed by atoms with Gasteiger partial charge in [0.2, 0.25) is 10.0 Å². The van der Waals surface area contributed by atoms with E-state index in [1.165, 1.54) is 17.3 Å². The van der Waals surface area contributed by atoms with Crippen LogP contribution >= 0.6 is 11.3 Å². The molecule has 2 aliphatic rings. The zero-order chi connectivity index (χ0) is 18.0. The summed E-state index contributed by atoms with van der Waals surface area (Å²) in [6.45, 7) is 2.42. The van der Waals surface area contributed by atoms with Gasteiger partial charge in [-0.15, -0.1) is 11.3 Å². The van der Waals surface area contributed by atoms with Gasteiger partial charge in [0.15, 0.2) is 6.10 Å². The van der Waals surface area contributed by atoms with Gasteiger partial charge in [0.05, 0.1) is 0 Å². The fourth-order valence-corrected chi connectivity index (χ4v) is 5.50. The average molecular weight is 386 g/mol. The lowest BCUT2D eigenvalue weighted by Gasteiger charge is -2.25. The van der Waals surface area contributed by atoms with E-state index in [0.29, 0.717) is 13.1 Å². The first-order chi connectivity index (χ1) is 11.9. The summed E-state index contributed by atoms with van der Waals surface area (Å²) in [7, 11) is -3.72. The Balaban J connectivity index is 1.71. The summed E-state index contributed by atoms with van der Waals surface area (Å²) in [6.07, 6.45) is 3.58. The molecule has 2 heterocycles. The minimum absolute atomic E-state index is 0.0247. The molecule has 1 aromatic heterocycles. The van der Waals surface area contributed by atoms with E-state index in [1.54, 1.807) is 5.38 Å². The number of sulfonamides is 1. The third-order valence-corrected chi connectivity index (χ3v) is 7.29. The largest absolute Gasteiger partial charge is 0.448 e. The van der Waals surface area contributed by atoms with Crippen molar-refractivity contribution in [3.05, 3.63) is 16.3 Å². The van der Waals surface area contributed by atoms with Crippen LogP contribution in [0, 0.1) is 0 Å². The molecule has 7 nitrogen and oxygen atoms in total. The van der Waals surface area contributed by atoms with E-state index in [9.17, 15) is 18.0 Å². The second-order valence-corrected chi connectivity index (χ2v) is 9.23. The lowest BCUT2D eigenvalue weighted by molar-refractivity contribution is -0.129. The summed E-state index contributed by atoms with van der Waals surface area (Å²) >= 11 is 1.02. The van der Waals surface area contributed by atoms with Gasteiger partial charge < -0.3 is 10.1 Å². The van der Waals surface area contributed by atoms with Crippen LogP contribution in [0.1, 0.15) is 48.7 Å². The van der Waals surface area contributed by atoms with Crippen molar-refractivity contribution in [2.24, 2.45) is 0 Å². The van der Waals surface area contributed by atoms with Gasteiger partial charge in [0.25, 0.3) is 5.91 Å². The highest BCUT2D eigenvalue weighted by Gasteiger charge is 2.33. The number of amides is 1. The molecule has 1 aliphatic carbocycles. The fourth-order valence-electron chi connectivity index (χ4n) is 2.71. The lowest BCUT2D eigenvalue weighted by atomic mass is 10.2. The SMILES string of the molecule is C[C@@H](OC(=O)c1sccc1S(=O)(=O)N1CCCCC1)C(=O)NC1CC1.